The molecule has 116 valence electrons. The highest BCUT2D eigenvalue weighted by Gasteiger charge is 2.08. The Labute approximate surface area is 139 Å². The van der Waals surface area contributed by atoms with Crippen LogP contribution in [0.5, 0.6) is 0 Å². The van der Waals surface area contributed by atoms with Crippen LogP contribution in [0.3, 0.4) is 0 Å². The standard InChI is InChI=1S/C21H16N2O/c24-20-14-19(16-9-11-22-12-10-16)23-21-17(7-4-8-18(20)21)13-15-5-2-1-3-6-15/h1-12,14H,13H2,(H,23,24). The lowest BCUT2D eigenvalue weighted by molar-refractivity contribution is 1.19. The minimum absolute atomic E-state index is 0.0328. The molecule has 0 saturated carbocycles. The normalized spacial score (nSPS) is 10.8. The van der Waals surface area contributed by atoms with Crippen LogP contribution in [0.4, 0.5) is 0 Å². The Morgan fingerprint density at radius 2 is 1.67 bits per heavy atom. The van der Waals surface area contributed by atoms with E-state index in [0.29, 0.717) is 0 Å². The second-order valence-corrected chi connectivity index (χ2v) is 5.79. The molecule has 0 saturated heterocycles. The molecule has 0 unspecified atom stereocenters. The summed E-state index contributed by atoms with van der Waals surface area (Å²) in [6.07, 6.45) is 4.25. The van der Waals surface area contributed by atoms with Gasteiger partial charge in [0.05, 0.1) is 5.52 Å². The minimum Gasteiger partial charge on any atom is -0.354 e. The quantitative estimate of drug-likeness (QED) is 0.617. The first-order valence-electron chi connectivity index (χ1n) is 7.90. The molecule has 1 N–H and O–H groups in total. The number of hydrogen-bond acceptors (Lipinski definition) is 2. The number of H-pyrrole nitrogens is 1. The number of pyridine rings is 2. The summed E-state index contributed by atoms with van der Waals surface area (Å²) >= 11 is 0. The van der Waals surface area contributed by atoms with Gasteiger partial charge in [0.15, 0.2) is 5.43 Å². The maximum atomic E-state index is 12.5. The van der Waals surface area contributed by atoms with Gasteiger partial charge in [-0.05, 0) is 35.7 Å². The van der Waals surface area contributed by atoms with Crippen molar-refractivity contribution < 1.29 is 0 Å². The average molecular weight is 312 g/mol. The van der Waals surface area contributed by atoms with Crippen molar-refractivity contribution in [3.05, 3.63) is 100 Å². The zero-order chi connectivity index (χ0) is 16.4. The van der Waals surface area contributed by atoms with Gasteiger partial charge in [-0.25, -0.2) is 0 Å². The summed E-state index contributed by atoms with van der Waals surface area (Å²) < 4.78 is 0. The van der Waals surface area contributed by atoms with Crippen LogP contribution in [-0.4, -0.2) is 9.97 Å². The lowest BCUT2D eigenvalue weighted by Crippen LogP contribution is -2.05. The molecule has 0 aliphatic carbocycles. The molecule has 4 aromatic rings. The Morgan fingerprint density at radius 1 is 0.875 bits per heavy atom. The van der Waals surface area contributed by atoms with E-state index in [-0.39, 0.29) is 5.43 Å². The van der Waals surface area contributed by atoms with Crippen molar-refractivity contribution in [1.82, 2.24) is 9.97 Å². The van der Waals surface area contributed by atoms with E-state index in [1.54, 1.807) is 18.5 Å². The first-order valence-corrected chi connectivity index (χ1v) is 7.90. The van der Waals surface area contributed by atoms with Crippen LogP contribution in [0, 0.1) is 0 Å². The molecule has 3 heteroatoms. The second-order valence-electron chi connectivity index (χ2n) is 5.79. The van der Waals surface area contributed by atoms with Crippen LogP contribution in [0.25, 0.3) is 22.2 Å². The minimum atomic E-state index is 0.0328. The third-order valence-corrected chi connectivity index (χ3v) is 4.18. The van der Waals surface area contributed by atoms with Gasteiger partial charge in [-0.3, -0.25) is 9.78 Å². The van der Waals surface area contributed by atoms with Crippen LogP contribution in [0.2, 0.25) is 0 Å². The van der Waals surface area contributed by atoms with Gasteiger partial charge >= 0.3 is 0 Å². The van der Waals surface area contributed by atoms with Gasteiger partial charge in [0.25, 0.3) is 0 Å². The molecule has 4 rings (SSSR count). The van der Waals surface area contributed by atoms with Crippen molar-refractivity contribution in [2.45, 2.75) is 6.42 Å². The van der Waals surface area contributed by atoms with Gasteiger partial charge in [-0.1, -0.05) is 42.5 Å². The summed E-state index contributed by atoms with van der Waals surface area (Å²) in [5.74, 6) is 0. The molecule has 3 nitrogen and oxygen atoms in total. The van der Waals surface area contributed by atoms with Gasteiger partial charge < -0.3 is 4.98 Å². The van der Waals surface area contributed by atoms with Crippen LogP contribution in [0.1, 0.15) is 11.1 Å². The van der Waals surface area contributed by atoms with Gasteiger partial charge in [-0.15, -0.1) is 0 Å². The van der Waals surface area contributed by atoms with Crippen molar-refractivity contribution in [2.24, 2.45) is 0 Å². The molecule has 0 amide bonds. The van der Waals surface area contributed by atoms with Crippen molar-refractivity contribution >= 4 is 10.9 Å². The van der Waals surface area contributed by atoms with E-state index in [0.717, 1.165) is 34.1 Å². The van der Waals surface area contributed by atoms with E-state index in [9.17, 15) is 4.79 Å². The number of para-hydroxylation sites is 1. The SMILES string of the molecule is O=c1cc(-c2ccncc2)[nH]c2c(Cc3ccccc3)cccc12. The second kappa shape index (κ2) is 6.13. The number of hydrogen-bond donors (Lipinski definition) is 1. The number of nitrogens with one attached hydrogen (secondary N) is 1. The molecule has 0 fully saturated rings. The first kappa shape index (κ1) is 14.4. The molecular formula is C21H16N2O. The summed E-state index contributed by atoms with van der Waals surface area (Å²) in [6.45, 7) is 0. The fourth-order valence-corrected chi connectivity index (χ4v) is 2.98. The van der Waals surface area contributed by atoms with E-state index in [4.69, 9.17) is 0 Å². The smallest absolute Gasteiger partial charge is 0.190 e. The molecule has 0 radical (unpaired) electrons. The first-order chi connectivity index (χ1) is 11.8. The Balaban J connectivity index is 1.89. The third-order valence-electron chi connectivity index (χ3n) is 4.18. The predicted molar refractivity (Wildman–Crippen MR) is 97.0 cm³/mol. The Morgan fingerprint density at radius 3 is 2.46 bits per heavy atom. The van der Waals surface area contributed by atoms with Crippen molar-refractivity contribution in [2.75, 3.05) is 0 Å². The monoisotopic (exact) mass is 312 g/mol. The summed E-state index contributed by atoms with van der Waals surface area (Å²) in [5, 5.41) is 0.723. The Bertz CT molecular complexity index is 1040. The fourth-order valence-electron chi connectivity index (χ4n) is 2.98. The van der Waals surface area contributed by atoms with Crippen molar-refractivity contribution in [3.8, 4) is 11.3 Å². The molecule has 2 heterocycles. The molecule has 0 aliphatic heterocycles. The summed E-state index contributed by atoms with van der Waals surface area (Å²) in [4.78, 5) is 20.0. The third kappa shape index (κ3) is 2.72. The van der Waals surface area contributed by atoms with Crippen LogP contribution < -0.4 is 5.43 Å². The molecule has 24 heavy (non-hydrogen) atoms. The predicted octanol–water partition coefficient (Wildman–Crippen LogP) is 4.18. The van der Waals surface area contributed by atoms with E-state index >= 15 is 0 Å². The van der Waals surface area contributed by atoms with Gasteiger partial charge in [0.2, 0.25) is 0 Å². The van der Waals surface area contributed by atoms with E-state index < -0.39 is 0 Å². The topological polar surface area (TPSA) is 45.8 Å². The Kier molecular flexibility index (Phi) is 3.67. The van der Waals surface area contributed by atoms with Gasteiger partial charge in [0.1, 0.15) is 0 Å². The molecule has 0 bridgehead atoms. The van der Waals surface area contributed by atoms with Gasteiger partial charge in [0, 0.05) is 35.1 Å². The number of nitrogens with zero attached hydrogens (tertiary/aromatic N) is 1. The zero-order valence-corrected chi connectivity index (χ0v) is 13.1. The summed E-state index contributed by atoms with van der Waals surface area (Å²) in [5.41, 5.74) is 5.05. The van der Waals surface area contributed by atoms with Crippen LogP contribution in [-0.2, 0) is 6.42 Å². The molecule has 2 aromatic heterocycles. The summed E-state index contributed by atoms with van der Waals surface area (Å²) in [7, 11) is 0. The van der Waals surface area contributed by atoms with E-state index in [2.05, 4.69) is 28.2 Å². The number of aromatic amines is 1. The highest BCUT2D eigenvalue weighted by atomic mass is 16.1. The van der Waals surface area contributed by atoms with Gasteiger partial charge in [-0.2, -0.15) is 0 Å². The lowest BCUT2D eigenvalue weighted by atomic mass is 10.0. The number of fused-ring (bicyclic) bond motifs is 1. The molecule has 0 atom stereocenters. The fraction of sp³-hybridized carbons (Fsp3) is 0.0476. The maximum Gasteiger partial charge on any atom is 0.190 e. The number of benzene rings is 2. The van der Waals surface area contributed by atoms with Crippen LogP contribution in [0.15, 0.2) is 83.9 Å². The van der Waals surface area contributed by atoms with Crippen molar-refractivity contribution in [3.63, 3.8) is 0 Å². The number of rotatable bonds is 3. The lowest BCUT2D eigenvalue weighted by Gasteiger charge is -2.09. The highest BCUT2D eigenvalue weighted by molar-refractivity contribution is 5.84. The average Bonchev–Trinajstić information content (AvgIpc) is 2.64. The highest BCUT2D eigenvalue weighted by Crippen LogP contribution is 2.22. The maximum absolute atomic E-state index is 12.5. The van der Waals surface area contributed by atoms with Crippen molar-refractivity contribution in [1.29, 1.82) is 0 Å². The van der Waals surface area contributed by atoms with E-state index in [1.165, 1.54) is 5.56 Å². The zero-order valence-electron chi connectivity index (χ0n) is 13.1. The molecular weight excluding hydrogens is 296 g/mol. The molecule has 2 aromatic carbocycles. The number of aromatic nitrogens is 2. The molecule has 0 aliphatic rings. The molecule has 0 spiro atoms. The van der Waals surface area contributed by atoms with E-state index in [1.807, 2.05) is 42.5 Å². The largest absolute Gasteiger partial charge is 0.354 e. The van der Waals surface area contributed by atoms with Crippen LogP contribution >= 0.6 is 0 Å². The Hall–Kier alpha value is -3.20. The summed E-state index contributed by atoms with van der Waals surface area (Å²) in [6, 6.07) is 21.6.